The number of hydrogen-bond donors (Lipinski definition) is 0. The summed E-state index contributed by atoms with van der Waals surface area (Å²) in [5.41, 5.74) is 0.580. The predicted molar refractivity (Wildman–Crippen MR) is 106 cm³/mol. The smallest absolute Gasteiger partial charge is 0.410 e. The van der Waals surface area contributed by atoms with Gasteiger partial charge in [-0.15, -0.1) is 0 Å². The minimum atomic E-state index is -0.525. The second-order valence-electron chi connectivity index (χ2n) is 7.46. The lowest BCUT2D eigenvalue weighted by atomic mass is 10.0. The molecule has 142 valence electrons. The summed E-state index contributed by atoms with van der Waals surface area (Å²) in [6, 6.07) is 14.4. The first kappa shape index (κ1) is 19.4. The highest BCUT2D eigenvalue weighted by Gasteiger charge is 2.35. The molecule has 0 unspecified atom stereocenters. The van der Waals surface area contributed by atoms with Crippen molar-refractivity contribution >= 4 is 27.8 Å². The van der Waals surface area contributed by atoms with E-state index in [0.29, 0.717) is 30.0 Å². The molecule has 27 heavy (non-hydrogen) atoms. The Labute approximate surface area is 167 Å². The van der Waals surface area contributed by atoms with Crippen molar-refractivity contribution in [3.8, 4) is 5.75 Å². The Morgan fingerprint density at radius 1 is 1.07 bits per heavy atom. The summed E-state index contributed by atoms with van der Waals surface area (Å²) in [5, 5.41) is 0. The number of hydrogen-bond acceptors (Lipinski definition) is 4. The van der Waals surface area contributed by atoms with E-state index >= 15 is 0 Å². The first-order valence-electron chi connectivity index (χ1n) is 8.77. The number of ketones is 1. The molecule has 1 fully saturated rings. The largest absolute Gasteiger partial charge is 0.486 e. The Kier molecular flexibility index (Phi) is 5.56. The molecule has 5 nitrogen and oxygen atoms in total. The average Bonchev–Trinajstić information content (AvgIpc) is 2.56. The lowest BCUT2D eigenvalue weighted by molar-refractivity contribution is -0.0223. The van der Waals surface area contributed by atoms with Crippen LogP contribution in [0.2, 0.25) is 0 Å². The molecular formula is C21H22BrNO4. The van der Waals surface area contributed by atoms with Gasteiger partial charge in [-0.25, -0.2) is 4.79 Å². The molecular weight excluding hydrogens is 410 g/mol. The maximum atomic E-state index is 12.8. The quantitative estimate of drug-likeness (QED) is 0.659. The normalized spacial score (nSPS) is 14.4. The van der Waals surface area contributed by atoms with Crippen molar-refractivity contribution in [1.82, 2.24) is 4.90 Å². The zero-order valence-electron chi connectivity index (χ0n) is 15.6. The molecule has 0 spiro atoms. The number of carbonyl (C=O) groups excluding carboxylic acids is 2. The maximum Gasteiger partial charge on any atom is 0.410 e. The van der Waals surface area contributed by atoms with Gasteiger partial charge in [0.1, 0.15) is 17.5 Å². The summed E-state index contributed by atoms with van der Waals surface area (Å²) in [4.78, 5) is 26.4. The summed E-state index contributed by atoms with van der Waals surface area (Å²) in [6.45, 7) is 6.37. The molecule has 0 radical (unpaired) electrons. The van der Waals surface area contributed by atoms with E-state index in [4.69, 9.17) is 9.47 Å². The van der Waals surface area contributed by atoms with Crippen LogP contribution in [0.4, 0.5) is 4.79 Å². The van der Waals surface area contributed by atoms with E-state index in [2.05, 4.69) is 15.9 Å². The van der Waals surface area contributed by atoms with Gasteiger partial charge in [-0.2, -0.15) is 0 Å². The standard InChI is InChI=1S/C21H22BrNO4/c1-21(2,3)27-20(25)23-12-16(13-23)26-18-11-15(22)9-10-17(18)19(24)14-7-5-4-6-8-14/h4-11,16H,12-13H2,1-3H3. The second-order valence-corrected chi connectivity index (χ2v) is 8.38. The molecule has 0 aromatic heterocycles. The van der Waals surface area contributed by atoms with Crippen LogP contribution < -0.4 is 4.74 Å². The molecule has 1 aliphatic rings. The Hall–Kier alpha value is -2.34. The van der Waals surface area contributed by atoms with Gasteiger partial charge in [0.15, 0.2) is 5.78 Å². The van der Waals surface area contributed by atoms with Crippen LogP contribution in [0.1, 0.15) is 36.7 Å². The topological polar surface area (TPSA) is 55.8 Å². The Balaban J connectivity index is 1.69. The van der Waals surface area contributed by atoms with Crippen LogP contribution in [0.3, 0.4) is 0 Å². The van der Waals surface area contributed by atoms with Gasteiger partial charge in [-0.05, 0) is 39.0 Å². The SMILES string of the molecule is CC(C)(C)OC(=O)N1CC(Oc2cc(Br)ccc2C(=O)c2ccccc2)C1. The molecule has 1 aliphatic heterocycles. The van der Waals surface area contributed by atoms with E-state index in [9.17, 15) is 9.59 Å². The number of halogens is 1. The molecule has 2 aromatic rings. The number of carbonyl (C=O) groups is 2. The highest BCUT2D eigenvalue weighted by Crippen LogP contribution is 2.29. The van der Waals surface area contributed by atoms with Gasteiger partial charge in [0, 0.05) is 10.0 Å². The summed E-state index contributed by atoms with van der Waals surface area (Å²) >= 11 is 3.42. The highest BCUT2D eigenvalue weighted by atomic mass is 79.9. The van der Waals surface area contributed by atoms with E-state index in [0.717, 1.165) is 4.47 Å². The first-order valence-corrected chi connectivity index (χ1v) is 9.56. The zero-order chi connectivity index (χ0) is 19.6. The monoisotopic (exact) mass is 431 g/mol. The van der Waals surface area contributed by atoms with E-state index < -0.39 is 5.60 Å². The van der Waals surface area contributed by atoms with Gasteiger partial charge < -0.3 is 14.4 Å². The molecule has 2 aromatic carbocycles. The van der Waals surface area contributed by atoms with Gasteiger partial charge >= 0.3 is 6.09 Å². The molecule has 0 saturated carbocycles. The van der Waals surface area contributed by atoms with E-state index in [-0.39, 0.29) is 18.0 Å². The van der Waals surface area contributed by atoms with Crippen molar-refractivity contribution in [3.63, 3.8) is 0 Å². The molecule has 0 bridgehead atoms. The zero-order valence-corrected chi connectivity index (χ0v) is 17.2. The molecule has 1 amide bonds. The molecule has 1 saturated heterocycles. The average molecular weight is 432 g/mol. The number of nitrogens with zero attached hydrogens (tertiary/aromatic N) is 1. The molecule has 0 aliphatic carbocycles. The summed E-state index contributed by atoms with van der Waals surface area (Å²) in [7, 11) is 0. The van der Waals surface area contributed by atoms with Crippen molar-refractivity contribution in [1.29, 1.82) is 0 Å². The third kappa shape index (κ3) is 4.89. The second kappa shape index (κ2) is 7.72. The first-order chi connectivity index (χ1) is 12.7. The van der Waals surface area contributed by atoms with E-state index in [1.165, 1.54) is 0 Å². The minimum Gasteiger partial charge on any atom is -0.486 e. The summed E-state index contributed by atoms with van der Waals surface area (Å²) in [6.07, 6.45) is -0.522. The Morgan fingerprint density at radius 3 is 2.37 bits per heavy atom. The number of ether oxygens (including phenoxy) is 2. The van der Waals surface area contributed by atoms with Gasteiger partial charge in [-0.1, -0.05) is 46.3 Å². The van der Waals surface area contributed by atoms with Crippen LogP contribution in [0.25, 0.3) is 0 Å². The van der Waals surface area contributed by atoms with Crippen molar-refractivity contribution in [2.45, 2.75) is 32.5 Å². The van der Waals surface area contributed by atoms with Crippen LogP contribution >= 0.6 is 15.9 Å². The predicted octanol–water partition coefficient (Wildman–Crippen LogP) is 4.68. The van der Waals surface area contributed by atoms with Crippen LogP contribution in [-0.4, -0.2) is 41.6 Å². The summed E-state index contributed by atoms with van der Waals surface area (Å²) < 4.78 is 12.2. The van der Waals surface area contributed by atoms with Gasteiger partial charge in [0.25, 0.3) is 0 Å². The molecule has 0 N–H and O–H groups in total. The van der Waals surface area contributed by atoms with Crippen LogP contribution in [0, 0.1) is 0 Å². The van der Waals surface area contributed by atoms with E-state index in [1.807, 2.05) is 45.0 Å². The third-order valence-electron chi connectivity index (χ3n) is 4.02. The fourth-order valence-corrected chi connectivity index (χ4v) is 3.03. The summed E-state index contributed by atoms with van der Waals surface area (Å²) in [5.74, 6) is 0.411. The Bertz CT molecular complexity index is 839. The van der Waals surface area contributed by atoms with Gasteiger partial charge in [0.05, 0.1) is 18.7 Å². The van der Waals surface area contributed by atoms with Crippen molar-refractivity contribution in [2.75, 3.05) is 13.1 Å². The van der Waals surface area contributed by atoms with Crippen LogP contribution in [0.15, 0.2) is 53.0 Å². The van der Waals surface area contributed by atoms with Gasteiger partial charge in [-0.3, -0.25) is 4.79 Å². The lowest BCUT2D eigenvalue weighted by Crippen LogP contribution is -2.57. The Morgan fingerprint density at radius 2 is 1.74 bits per heavy atom. The van der Waals surface area contributed by atoms with Gasteiger partial charge in [0.2, 0.25) is 0 Å². The van der Waals surface area contributed by atoms with Crippen molar-refractivity contribution in [2.24, 2.45) is 0 Å². The van der Waals surface area contributed by atoms with Crippen molar-refractivity contribution < 1.29 is 19.1 Å². The molecule has 0 atom stereocenters. The molecule has 6 heteroatoms. The van der Waals surface area contributed by atoms with E-state index in [1.54, 1.807) is 29.2 Å². The third-order valence-corrected chi connectivity index (χ3v) is 4.51. The maximum absolute atomic E-state index is 12.8. The number of amides is 1. The van der Waals surface area contributed by atoms with Crippen LogP contribution in [-0.2, 0) is 4.74 Å². The molecule has 3 rings (SSSR count). The number of likely N-dealkylation sites (tertiary alicyclic amines) is 1. The molecule has 1 heterocycles. The van der Waals surface area contributed by atoms with Crippen molar-refractivity contribution in [3.05, 3.63) is 64.1 Å². The minimum absolute atomic E-state index is 0.0959. The van der Waals surface area contributed by atoms with Crippen LogP contribution in [0.5, 0.6) is 5.75 Å². The fourth-order valence-electron chi connectivity index (χ4n) is 2.69. The highest BCUT2D eigenvalue weighted by molar-refractivity contribution is 9.10. The fraction of sp³-hybridized carbons (Fsp3) is 0.333. The number of benzene rings is 2. The number of rotatable bonds is 4. The lowest BCUT2D eigenvalue weighted by Gasteiger charge is -2.39.